The Hall–Kier alpha value is -0.550. The zero-order valence-corrected chi connectivity index (χ0v) is 6.43. The molecule has 1 fully saturated rings. The SMILES string of the molecule is C[C@@]1(C#N)CCCC[C@H]1N. The molecule has 0 aromatic rings. The third kappa shape index (κ3) is 1.15. The average molecular weight is 138 g/mol. The molecule has 2 heteroatoms. The van der Waals surface area contributed by atoms with Crippen molar-refractivity contribution in [2.45, 2.75) is 38.6 Å². The Labute approximate surface area is 62.0 Å². The number of nitrogens with two attached hydrogens (primary N) is 1. The number of hydrogen-bond donors (Lipinski definition) is 1. The first-order valence-corrected chi connectivity index (χ1v) is 3.86. The van der Waals surface area contributed by atoms with Crippen LogP contribution < -0.4 is 5.73 Å². The van der Waals surface area contributed by atoms with Crippen LogP contribution in [0.3, 0.4) is 0 Å². The van der Waals surface area contributed by atoms with E-state index in [9.17, 15) is 0 Å². The minimum absolute atomic E-state index is 0.103. The standard InChI is InChI=1S/C8H14N2/c1-8(6-9)5-3-2-4-7(8)10/h7H,2-5,10H2,1H3/t7-,8+/m1/s1. The summed E-state index contributed by atoms with van der Waals surface area (Å²) in [5.74, 6) is 0. The number of rotatable bonds is 0. The molecule has 10 heavy (non-hydrogen) atoms. The van der Waals surface area contributed by atoms with E-state index in [2.05, 4.69) is 6.07 Å². The van der Waals surface area contributed by atoms with Gasteiger partial charge in [-0.15, -0.1) is 0 Å². The molecule has 1 aliphatic rings. The highest BCUT2D eigenvalue weighted by atomic mass is 14.7. The van der Waals surface area contributed by atoms with E-state index < -0.39 is 0 Å². The summed E-state index contributed by atoms with van der Waals surface area (Å²) in [5.41, 5.74) is 5.56. The molecular weight excluding hydrogens is 124 g/mol. The Morgan fingerprint density at radius 1 is 1.60 bits per heavy atom. The first-order valence-electron chi connectivity index (χ1n) is 3.86. The minimum Gasteiger partial charge on any atom is -0.326 e. The fraction of sp³-hybridized carbons (Fsp3) is 0.875. The highest BCUT2D eigenvalue weighted by Crippen LogP contribution is 2.33. The second-order valence-corrected chi connectivity index (χ2v) is 3.38. The number of hydrogen-bond acceptors (Lipinski definition) is 2. The molecule has 0 radical (unpaired) electrons. The van der Waals surface area contributed by atoms with Crippen molar-refractivity contribution in [2.24, 2.45) is 11.1 Å². The maximum Gasteiger partial charge on any atom is 0.0703 e. The van der Waals surface area contributed by atoms with Gasteiger partial charge in [0, 0.05) is 6.04 Å². The lowest BCUT2D eigenvalue weighted by atomic mass is 9.73. The summed E-state index contributed by atoms with van der Waals surface area (Å²) in [5, 5.41) is 8.79. The van der Waals surface area contributed by atoms with Crippen molar-refractivity contribution >= 4 is 0 Å². The molecule has 2 N–H and O–H groups in total. The fourth-order valence-corrected chi connectivity index (χ4v) is 1.50. The van der Waals surface area contributed by atoms with Crippen LogP contribution >= 0.6 is 0 Å². The van der Waals surface area contributed by atoms with Gasteiger partial charge in [-0.2, -0.15) is 5.26 Å². The lowest BCUT2D eigenvalue weighted by molar-refractivity contribution is 0.249. The normalized spacial score (nSPS) is 40.7. The monoisotopic (exact) mass is 138 g/mol. The number of nitriles is 1. The molecule has 0 spiro atoms. The van der Waals surface area contributed by atoms with Gasteiger partial charge in [0.25, 0.3) is 0 Å². The summed E-state index contributed by atoms with van der Waals surface area (Å²) < 4.78 is 0. The Morgan fingerprint density at radius 2 is 2.30 bits per heavy atom. The van der Waals surface area contributed by atoms with Gasteiger partial charge < -0.3 is 5.73 Å². The zero-order chi connectivity index (χ0) is 7.61. The third-order valence-corrected chi connectivity index (χ3v) is 2.54. The second-order valence-electron chi connectivity index (χ2n) is 3.38. The molecular formula is C8H14N2. The summed E-state index contributed by atoms with van der Waals surface area (Å²) in [6.45, 7) is 1.97. The van der Waals surface area contributed by atoms with Crippen molar-refractivity contribution in [2.75, 3.05) is 0 Å². The van der Waals surface area contributed by atoms with Gasteiger partial charge in [0.2, 0.25) is 0 Å². The second kappa shape index (κ2) is 2.59. The van der Waals surface area contributed by atoms with E-state index in [0.717, 1.165) is 19.3 Å². The Morgan fingerprint density at radius 3 is 2.70 bits per heavy atom. The molecule has 0 aromatic carbocycles. The Kier molecular flexibility index (Phi) is 1.96. The van der Waals surface area contributed by atoms with E-state index in [0.29, 0.717) is 0 Å². The smallest absolute Gasteiger partial charge is 0.0703 e. The van der Waals surface area contributed by atoms with Gasteiger partial charge in [0.15, 0.2) is 0 Å². The minimum atomic E-state index is -0.238. The zero-order valence-electron chi connectivity index (χ0n) is 6.43. The molecule has 0 aromatic heterocycles. The van der Waals surface area contributed by atoms with Gasteiger partial charge in [-0.05, 0) is 19.8 Å². The summed E-state index contributed by atoms with van der Waals surface area (Å²) in [6.07, 6.45) is 4.35. The van der Waals surface area contributed by atoms with Crippen molar-refractivity contribution < 1.29 is 0 Å². The van der Waals surface area contributed by atoms with E-state index in [1.807, 2.05) is 6.92 Å². The summed E-state index contributed by atoms with van der Waals surface area (Å²) in [6, 6.07) is 2.41. The van der Waals surface area contributed by atoms with Crippen molar-refractivity contribution in [3.63, 3.8) is 0 Å². The van der Waals surface area contributed by atoms with Crippen LogP contribution in [0.2, 0.25) is 0 Å². The quantitative estimate of drug-likeness (QED) is 0.550. The van der Waals surface area contributed by atoms with Crippen molar-refractivity contribution in [1.29, 1.82) is 5.26 Å². The van der Waals surface area contributed by atoms with Crippen LogP contribution in [0.15, 0.2) is 0 Å². The van der Waals surface area contributed by atoms with Crippen LogP contribution in [0.1, 0.15) is 32.6 Å². The lowest BCUT2D eigenvalue weighted by Crippen LogP contribution is -2.40. The maximum atomic E-state index is 8.79. The van der Waals surface area contributed by atoms with Gasteiger partial charge in [-0.25, -0.2) is 0 Å². The van der Waals surface area contributed by atoms with Crippen LogP contribution in [0.4, 0.5) is 0 Å². The predicted molar refractivity (Wildman–Crippen MR) is 40.2 cm³/mol. The van der Waals surface area contributed by atoms with Crippen LogP contribution in [0.5, 0.6) is 0 Å². The van der Waals surface area contributed by atoms with E-state index in [-0.39, 0.29) is 11.5 Å². The van der Waals surface area contributed by atoms with Crippen molar-refractivity contribution in [3.8, 4) is 6.07 Å². The molecule has 0 heterocycles. The van der Waals surface area contributed by atoms with Gasteiger partial charge in [-0.1, -0.05) is 12.8 Å². The molecule has 1 saturated carbocycles. The van der Waals surface area contributed by atoms with Gasteiger partial charge in [0.1, 0.15) is 0 Å². The topological polar surface area (TPSA) is 49.8 Å². The molecule has 0 aliphatic heterocycles. The summed E-state index contributed by atoms with van der Waals surface area (Å²) >= 11 is 0. The molecule has 56 valence electrons. The largest absolute Gasteiger partial charge is 0.326 e. The van der Waals surface area contributed by atoms with Crippen molar-refractivity contribution in [3.05, 3.63) is 0 Å². The Balaban J connectivity index is 2.65. The molecule has 0 amide bonds. The van der Waals surface area contributed by atoms with Crippen LogP contribution in [0.25, 0.3) is 0 Å². The van der Waals surface area contributed by atoms with Gasteiger partial charge in [0.05, 0.1) is 11.5 Å². The van der Waals surface area contributed by atoms with Crippen molar-refractivity contribution in [1.82, 2.24) is 0 Å². The van der Waals surface area contributed by atoms with Crippen LogP contribution in [-0.2, 0) is 0 Å². The van der Waals surface area contributed by atoms with Crippen LogP contribution in [-0.4, -0.2) is 6.04 Å². The average Bonchev–Trinajstić information content (AvgIpc) is 1.96. The van der Waals surface area contributed by atoms with Gasteiger partial charge >= 0.3 is 0 Å². The lowest BCUT2D eigenvalue weighted by Gasteiger charge is -2.32. The molecule has 0 bridgehead atoms. The molecule has 2 atom stereocenters. The summed E-state index contributed by atoms with van der Waals surface area (Å²) in [4.78, 5) is 0. The molecule has 1 aliphatic carbocycles. The molecule has 0 unspecified atom stereocenters. The Bertz CT molecular complexity index is 159. The van der Waals surface area contributed by atoms with Crippen LogP contribution in [0, 0.1) is 16.7 Å². The van der Waals surface area contributed by atoms with E-state index in [4.69, 9.17) is 11.0 Å². The summed E-state index contributed by atoms with van der Waals surface area (Å²) in [7, 11) is 0. The fourth-order valence-electron chi connectivity index (χ4n) is 1.50. The third-order valence-electron chi connectivity index (χ3n) is 2.54. The predicted octanol–water partition coefficient (Wildman–Crippen LogP) is 1.42. The number of nitrogens with zero attached hydrogens (tertiary/aromatic N) is 1. The first kappa shape index (κ1) is 7.56. The van der Waals surface area contributed by atoms with Gasteiger partial charge in [-0.3, -0.25) is 0 Å². The molecule has 0 saturated heterocycles. The molecule has 1 rings (SSSR count). The first-order chi connectivity index (χ1) is 4.69. The maximum absolute atomic E-state index is 8.79. The van der Waals surface area contributed by atoms with E-state index >= 15 is 0 Å². The van der Waals surface area contributed by atoms with E-state index in [1.165, 1.54) is 6.42 Å². The highest BCUT2D eigenvalue weighted by Gasteiger charge is 2.33. The van der Waals surface area contributed by atoms with E-state index in [1.54, 1.807) is 0 Å². The highest BCUT2D eigenvalue weighted by molar-refractivity contribution is 5.04. The molecule has 2 nitrogen and oxygen atoms in total.